The zero-order chi connectivity index (χ0) is 26.6. The summed E-state index contributed by atoms with van der Waals surface area (Å²) in [6, 6.07) is 0. The van der Waals surface area contributed by atoms with Crippen molar-refractivity contribution in [2.45, 2.75) is 219 Å². The van der Waals surface area contributed by atoms with Gasteiger partial charge in [-0.15, -0.1) is 24.0 Å². The fourth-order valence-corrected chi connectivity index (χ4v) is 6.24. The van der Waals surface area contributed by atoms with E-state index in [2.05, 4.69) is 27.7 Å². The van der Waals surface area contributed by atoms with Crippen LogP contribution < -0.4 is 5.73 Å². The van der Waals surface area contributed by atoms with Crippen LogP contribution in [-0.2, 0) is 0 Å². The number of halogens is 1. The smallest absolute Gasteiger partial charge is 0.0182 e. The number of unbranched alkanes of at least 4 members (excludes halogenated alkanes) is 21. The topological polar surface area (TPSA) is 26.0 Å². The second-order valence-corrected chi connectivity index (χ2v) is 12.4. The highest BCUT2D eigenvalue weighted by Gasteiger charge is 2.33. The van der Waals surface area contributed by atoms with Gasteiger partial charge in [0.15, 0.2) is 0 Å². The highest BCUT2D eigenvalue weighted by Crippen LogP contribution is 2.35. The van der Waals surface area contributed by atoms with Crippen LogP contribution in [0.15, 0.2) is 0 Å². The molecule has 1 nitrogen and oxygen atoms in total. The molecule has 0 aromatic heterocycles. The second-order valence-electron chi connectivity index (χ2n) is 12.4. The van der Waals surface area contributed by atoms with Gasteiger partial charge in [-0.3, -0.25) is 0 Å². The standard InChI is InChI=1S/C35H73N.HI/c1-5-9-13-17-18-19-20-21-23-27-31-34(30-26-22-14-10-6-2)35(36,32-28-24-15-11-7-3)33-29-25-16-12-8-4;/h34H,5-33,36H2,1-4H3;1H. The van der Waals surface area contributed by atoms with Gasteiger partial charge in [0.05, 0.1) is 0 Å². The molecule has 1 unspecified atom stereocenters. The van der Waals surface area contributed by atoms with E-state index in [1.165, 1.54) is 186 Å². The number of rotatable bonds is 30. The van der Waals surface area contributed by atoms with Crippen LogP contribution in [0.5, 0.6) is 0 Å². The Morgan fingerprint density at radius 3 is 0.919 bits per heavy atom. The Hall–Kier alpha value is 0.690. The summed E-state index contributed by atoms with van der Waals surface area (Å²) in [4.78, 5) is 0. The lowest BCUT2D eigenvalue weighted by Gasteiger charge is -2.39. The Bertz CT molecular complexity index is 396. The van der Waals surface area contributed by atoms with Gasteiger partial charge in [0.2, 0.25) is 0 Å². The summed E-state index contributed by atoms with van der Waals surface area (Å²) in [5, 5.41) is 0. The third-order valence-electron chi connectivity index (χ3n) is 8.87. The van der Waals surface area contributed by atoms with Gasteiger partial charge in [0.1, 0.15) is 0 Å². The van der Waals surface area contributed by atoms with Gasteiger partial charge in [-0.25, -0.2) is 0 Å². The molecular formula is C35H74IN. The lowest BCUT2D eigenvalue weighted by atomic mass is 9.72. The fourth-order valence-electron chi connectivity index (χ4n) is 6.24. The van der Waals surface area contributed by atoms with E-state index in [0.717, 1.165) is 5.92 Å². The molecule has 0 saturated heterocycles. The average Bonchev–Trinajstić information content (AvgIpc) is 2.88. The Labute approximate surface area is 254 Å². The van der Waals surface area contributed by atoms with Crippen LogP contribution in [0.1, 0.15) is 214 Å². The van der Waals surface area contributed by atoms with Gasteiger partial charge in [-0.05, 0) is 31.6 Å². The Kier molecular flexibility index (Phi) is 33.6. The molecule has 0 fully saturated rings. The van der Waals surface area contributed by atoms with Gasteiger partial charge in [0, 0.05) is 5.54 Å². The van der Waals surface area contributed by atoms with Crippen LogP contribution in [-0.4, -0.2) is 5.54 Å². The number of hydrogen-bond donors (Lipinski definition) is 1. The molecule has 0 saturated carbocycles. The van der Waals surface area contributed by atoms with Gasteiger partial charge in [-0.1, -0.05) is 188 Å². The van der Waals surface area contributed by atoms with E-state index in [-0.39, 0.29) is 29.5 Å². The molecule has 37 heavy (non-hydrogen) atoms. The lowest BCUT2D eigenvalue weighted by molar-refractivity contribution is 0.189. The van der Waals surface area contributed by atoms with Crippen molar-refractivity contribution in [2.24, 2.45) is 11.7 Å². The van der Waals surface area contributed by atoms with Crippen molar-refractivity contribution >= 4 is 24.0 Å². The van der Waals surface area contributed by atoms with Crippen LogP contribution in [0.4, 0.5) is 0 Å². The van der Waals surface area contributed by atoms with Gasteiger partial charge >= 0.3 is 0 Å². The summed E-state index contributed by atoms with van der Waals surface area (Å²) >= 11 is 0. The van der Waals surface area contributed by atoms with Gasteiger partial charge in [0.25, 0.3) is 0 Å². The minimum absolute atomic E-state index is 0. The molecule has 0 heterocycles. The van der Waals surface area contributed by atoms with Crippen LogP contribution >= 0.6 is 24.0 Å². The van der Waals surface area contributed by atoms with E-state index in [1.54, 1.807) is 0 Å². The molecule has 0 aromatic carbocycles. The molecule has 2 N–H and O–H groups in total. The van der Waals surface area contributed by atoms with Crippen LogP contribution in [0.3, 0.4) is 0 Å². The molecule has 0 rings (SSSR count). The van der Waals surface area contributed by atoms with Crippen molar-refractivity contribution < 1.29 is 0 Å². The molecule has 0 aliphatic heterocycles. The van der Waals surface area contributed by atoms with Crippen molar-refractivity contribution in [1.82, 2.24) is 0 Å². The first-order valence-corrected chi connectivity index (χ1v) is 17.4. The quantitative estimate of drug-likeness (QED) is 0.0617. The summed E-state index contributed by atoms with van der Waals surface area (Å²) < 4.78 is 0. The van der Waals surface area contributed by atoms with E-state index >= 15 is 0 Å². The van der Waals surface area contributed by atoms with Gasteiger partial charge < -0.3 is 5.73 Å². The van der Waals surface area contributed by atoms with E-state index in [4.69, 9.17) is 5.73 Å². The normalized spacial score (nSPS) is 12.6. The third-order valence-corrected chi connectivity index (χ3v) is 8.87. The number of nitrogens with two attached hydrogens (primary N) is 1. The largest absolute Gasteiger partial charge is 0.325 e. The number of hydrogen-bond acceptors (Lipinski definition) is 1. The molecular weight excluding hydrogens is 561 g/mol. The molecule has 0 bridgehead atoms. The van der Waals surface area contributed by atoms with Crippen molar-refractivity contribution in [1.29, 1.82) is 0 Å². The van der Waals surface area contributed by atoms with Crippen molar-refractivity contribution in [2.75, 3.05) is 0 Å². The molecule has 1 atom stereocenters. The van der Waals surface area contributed by atoms with Crippen molar-refractivity contribution in [3.8, 4) is 0 Å². The molecule has 0 aliphatic rings. The van der Waals surface area contributed by atoms with E-state index in [9.17, 15) is 0 Å². The maximum atomic E-state index is 7.43. The Balaban J connectivity index is 0. The van der Waals surface area contributed by atoms with E-state index < -0.39 is 0 Å². The Morgan fingerprint density at radius 1 is 0.378 bits per heavy atom. The summed E-state index contributed by atoms with van der Waals surface area (Å²) in [5.41, 5.74) is 7.53. The fraction of sp³-hybridized carbons (Fsp3) is 1.00. The molecule has 226 valence electrons. The monoisotopic (exact) mass is 635 g/mol. The first-order chi connectivity index (χ1) is 17.6. The first kappa shape index (κ1) is 39.8. The SMILES string of the molecule is CCCCCCCCCCCCC(CCCCCCC)C(N)(CCCCCCC)CCCCCCC.I. The molecule has 0 aromatic rings. The first-order valence-electron chi connectivity index (χ1n) is 17.4. The summed E-state index contributed by atoms with van der Waals surface area (Å²) in [7, 11) is 0. The minimum atomic E-state index is 0. The molecule has 0 aliphatic carbocycles. The van der Waals surface area contributed by atoms with Gasteiger partial charge in [-0.2, -0.15) is 0 Å². The van der Waals surface area contributed by atoms with Crippen LogP contribution in [0.25, 0.3) is 0 Å². The Morgan fingerprint density at radius 2 is 0.622 bits per heavy atom. The predicted octanol–water partition coefficient (Wildman–Crippen LogP) is 13.3. The molecule has 0 spiro atoms. The molecule has 2 heteroatoms. The molecule has 0 amide bonds. The predicted molar refractivity (Wildman–Crippen MR) is 182 cm³/mol. The maximum Gasteiger partial charge on any atom is 0.0182 e. The highest BCUT2D eigenvalue weighted by atomic mass is 127. The lowest BCUT2D eigenvalue weighted by Crippen LogP contribution is -2.47. The summed E-state index contributed by atoms with van der Waals surface area (Å²) in [6.07, 6.45) is 40.5. The zero-order valence-corrected chi connectivity index (χ0v) is 28.9. The maximum absolute atomic E-state index is 7.43. The average molecular weight is 636 g/mol. The summed E-state index contributed by atoms with van der Waals surface area (Å²) in [5.74, 6) is 0.755. The third kappa shape index (κ3) is 25.4. The summed E-state index contributed by atoms with van der Waals surface area (Å²) in [6.45, 7) is 9.29. The van der Waals surface area contributed by atoms with Crippen LogP contribution in [0, 0.1) is 5.92 Å². The molecule has 0 radical (unpaired) electrons. The van der Waals surface area contributed by atoms with E-state index in [0.29, 0.717) is 0 Å². The highest BCUT2D eigenvalue weighted by molar-refractivity contribution is 14.0. The second kappa shape index (κ2) is 31.2. The van der Waals surface area contributed by atoms with Crippen LogP contribution in [0.2, 0.25) is 0 Å². The zero-order valence-electron chi connectivity index (χ0n) is 26.6. The van der Waals surface area contributed by atoms with Crippen molar-refractivity contribution in [3.63, 3.8) is 0 Å². The minimum Gasteiger partial charge on any atom is -0.325 e. The van der Waals surface area contributed by atoms with Crippen molar-refractivity contribution in [3.05, 3.63) is 0 Å². The van der Waals surface area contributed by atoms with E-state index in [1.807, 2.05) is 0 Å².